The molecule has 1 aliphatic carbocycles. The molecule has 1 aromatic carbocycles. The molecule has 0 radical (unpaired) electrons. The zero-order valence-electron chi connectivity index (χ0n) is 13.9. The van der Waals surface area contributed by atoms with Crippen molar-refractivity contribution in [2.75, 3.05) is 0 Å². The molecule has 1 saturated carbocycles. The first kappa shape index (κ1) is 16.8. The van der Waals surface area contributed by atoms with Crippen LogP contribution in [0, 0.1) is 0 Å². The van der Waals surface area contributed by atoms with Gasteiger partial charge in [-0.05, 0) is 55.6 Å². The Morgan fingerprint density at radius 1 is 1.14 bits per heavy atom. The highest BCUT2D eigenvalue weighted by Gasteiger charge is 2.24. The van der Waals surface area contributed by atoms with Gasteiger partial charge in [0.2, 0.25) is 0 Å². The molecular weight excluding hydrogens is 272 g/mol. The highest BCUT2D eigenvalue weighted by atomic mass is 16.5. The van der Waals surface area contributed by atoms with Gasteiger partial charge in [0.05, 0.1) is 0 Å². The van der Waals surface area contributed by atoms with E-state index in [4.69, 9.17) is 4.74 Å². The average Bonchev–Trinajstić information content (AvgIpc) is 2.55. The molecule has 120 valence electrons. The predicted molar refractivity (Wildman–Crippen MR) is 91.0 cm³/mol. The summed E-state index contributed by atoms with van der Waals surface area (Å²) >= 11 is 0. The van der Waals surface area contributed by atoms with E-state index in [0.717, 1.165) is 38.5 Å². The van der Waals surface area contributed by atoms with Crippen LogP contribution in [0.3, 0.4) is 0 Å². The molecule has 1 aliphatic rings. The zero-order chi connectivity index (χ0) is 15.8. The summed E-state index contributed by atoms with van der Waals surface area (Å²) in [5.74, 6) is 0.436. The van der Waals surface area contributed by atoms with Crippen LogP contribution in [-0.2, 0) is 16.0 Å². The number of benzene rings is 1. The van der Waals surface area contributed by atoms with Gasteiger partial charge in [-0.2, -0.15) is 0 Å². The molecule has 0 unspecified atom stereocenters. The molecule has 0 amide bonds. The highest BCUT2D eigenvalue weighted by Crippen LogP contribution is 2.34. The normalized spacial score (nSPS) is 21.9. The van der Waals surface area contributed by atoms with Gasteiger partial charge in [0.1, 0.15) is 6.10 Å². The van der Waals surface area contributed by atoms with Crippen molar-refractivity contribution in [3.05, 3.63) is 47.5 Å². The molecule has 2 nitrogen and oxygen atoms in total. The monoisotopic (exact) mass is 300 g/mol. The minimum Gasteiger partial charge on any atom is -0.459 e. The molecule has 0 bridgehead atoms. The molecule has 0 spiro atoms. The van der Waals surface area contributed by atoms with Crippen LogP contribution in [0.4, 0.5) is 0 Å². The number of hydrogen-bond donors (Lipinski definition) is 0. The largest absolute Gasteiger partial charge is 0.459 e. The maximum Gasteiger partial charge on any atom is 0.330 e. The minimum absolute atomic E-state index is 0.102. The third-order valence-corrected chi connectivity index (χ3v) is 4.44. The van der Waals surface area contributed by atoms with Crippen LogP contribution in [0.15, 0.2) is 36.4 Å². The molecular formula is C20H28O2. The summed E-state index contributed by atoms with van der Waals surface area (Å²) in [5, 5.41) is 0. The van der Waals surface area contributed by atoms with E-state index in [1.165, 1.54) is 17.5 Å². The molecule has 0 aromatic heterocycles. The molecule has 1 fully saturated rings. The van der Waals surface area contributed by atoms with Gasteiger partial charge >= 0.3 is 5.97 Å². The third kappa shape index (κ3) is 5.01. The summed E-state index contributed by atoms with van der Waals surface area (Å²) < 4.78 is 5.50. The highest BCUT2D eigenvalue weighted by molar-refractivity contribution is 5.82. The van der Waals surface area contributed by atoms with Crippen molar-refractivity contribution in [3.63, 3.8) is 0 Å². The second kappa shape index (κ2) is 8.77. The van der Waals surface area contributed by atoms with Crippen LogP contribution in [0.1, 0.15) is 69.4 Å². The smallest absolute Gasteiger partial charge is 0.330 e. The Morgan fingerprint density at radius 3 is 2.41 bits per heavy atom. The van der Waals surface area contributed by atoms with E-state index >= 15 is 0 Å². The number of carbonyl (C=O) groups is 1. The van der Waals surface area contributed by atoms with Crippen LogP contribution < -0.4 is 0 Å². The fraction of sp³-hybridized carbons (Fsp3) is 0.550. The van der Waals surface area contributed by atoms with Crippen molar-refractivity contribution in [3.8, 4) is 0 Å². The number of allylic oxidation sites excluding steroid dienone is 1. The SMILES string of the molecule is CC/C=C/C(=O)OC1CCC(c2ccc(CCC)cc2)CC1. The molecule has 0 atom stereocenters. The minimum atomic E-state index is -0.186. The van der Waals surface area contributed by atoms with Crippen molar-refractivity contribution in [2.45, 2.75) is 70.8 Å². The Balaban J connectivity index is 1.81. The average molecular weight is 300 g/mol. The number of rotatable bonds is 6. The number of hydrogen-bond acceptors (Lipinski definition) is 2. The van der Waals surface area contributed by atoms with E-state index in [-0.39, 0.29) is 12.1 Å². The number of esters is 1. The second-order valence-corrected chi connectivity index (χ2v) is 6.21. The Labute approximate surface area is 134 Å². The van der Waals surface area contributed by atoms with Crippen molar-refractivity contribution in [2.24, 2.45) is 0 Å². The first-order valence-electron chi connectivity index (χ1n) is 8.69. The number of ether oxygens (including phenoxy) is 1. The Hall–Kier alpha value is -1.57. The number of carbonyl (C=O) groups excluding carboxylic acids is 1. The molecule has 1 aromatic rings. The van der Waals surface area contributed by atoms with E-state index < -0.39 is 0 Å². The van der Waals surface area contributed by atoms with Crippen molar-refractivity contribution in [1.82, 2.24) is 0 Å². The molecule has 0 saturated heterocycles. The summed E-state index contributed by atoms with van der Waals surface area (Å²) in [5.41, 5.74) is 2.87. The lowest BCUT2D eigenvalue weighted by atomic mass is 9.82. The van der Waals surface area contributed by atoms with Crippen LogP contribution >= 0.6 is 0 Å². The Bertz CT molecular complexity index is 479. The topological polar surface area (TPSA) is 26.3 Å². The summed E-state index contributed by atoms with van der Waals surface area (Å²) in [4.78, 5) is 11.6. The van der Waals surface area contributed by atoms with Crippen molar-refractivity contribution in [1.29, 1.82) is 0 Å². The predicted octanol–water partition coefficient (Wildman–Crippen LogP) is 5.17. The lowest BCUT2D eigenvalue weighted by Gasteiger charge is -2.28. The standard InChI is InChI=1S/C20H28O2/c1-3-5-7-20(21)22-19-14-12-18(13-15-19)17-10-8-16(6-4-2)9-11-17/h5,7-11,18-19H,3-4,6,12-15H2,1-2H3/b7-5+. The summed E-state index contributed by atoms with van der Waals surface area (Å²) in [7, 11) is 0. The fourth-order valence-corrected chi connectivity index (χ4v) is 3.18. The number of aryl methyl sites for hydroxylation is 1. The third-order valence-electron chi connectivity index (χ3n) is 4.44. The van der Waals surface area contributed by atoms with Gasteiger partial charge in [0.15, 0.2) is 0 Å². The van der Waals surface area contributed by atoms with Crippen LogP contribution in [0.2, 0.25) is 0 Å². The first-order valence-corrected chi connectivity index (χ1v) is 8.69. The Kier molecular flexibility index (Phi) is 6.70. The molecule has 2 rings (SSSR count). The molecule has 0 heterocycles. The van der Waals surface area contributed by atoms with Gasteiger partial charge in [-0.25, -0.2) is 4.79 Å². The van der Waals surface area contributed by atoms with E-state index in [2.05, 4.69) is 31.2 Å². The quantitative estimate of drug-likeness (QED) is 0.535. The van der Waals surface area contributed by atoms with E-state index in [1.54, 1.807) is 6.08 Å². The van der Waals surface area contributed by atoms with Crippen molar-refractivity contribution >= 4 is 5.97 Å². The maximum atomic E-state index is 11.6. The molecule has 0 N–H and O–H groups in total. The molecule has 2 heteroatoms. The van der Waals surface area contributed by atoms with Gasteiger partial charge in [-0.1, -0.05) is 50.6 Å². The maximum absolute atomic E-state index is 11.6. The van der Waals surface area contributed by atoms with E-state index in [0.29, 0.717) is 5.92 Å². The van der Waals surface area contributed by atoms with E-state index in [9.17, 15) is 4.79 Å². The van der Waals surface area contributed by atoms with Crippen molar-refractivity contribution < 1.29 is 9.53 Å². The van der Waals surface area contributed by atoms with Crippen LogP contribution in [0.5, 0.6) is 0 Å². The summed E-state index contributed by atoms with van der Waals surface area (Å²) in [6, 6.07) is 9.10. The van der Waals surface area contributed by atoms with Gasteiger partial charge < -0.3 is 4.74 Å². The summed E-state index contributed by atoms with van der Waals surface area (Å²) in [6.45, 7) is 4.23. The summed E-state index contributed by atoms with van der Waals surface area (Å²) in [6.07, 6.45) is 10.9. The van der Waals surface area contributed by atoms with Crippen LogP contribution in [0.25, 0.3) is 0 Å². The molecule has 0 aliphatic heterocycles. The fourth-order valence-electron chi connectivity index (χ4n) is 3.18. The zero-order valence-corrected chi connectivity index (χ0v) is 13.9. The lowest BCUT2D eigenvalue weighted by Crippen LogP contribution is -2.23. The van der Waals surface area contributed by atoms with Gasteiger partial charge in [-0.15, -0.1) is 0 Å². The van der Waals surface area contributed by atoms with Gasteiger partial charge in [0.25, 0.3) is 0 Å². The molecule has 22 heavy (non-hydrogen) atoms. The van der Waals surface area contributed by atoms with E-state index in [1.807, 2.05) is 13.0 Å². The lowest BCUT2D eigenvalue weighted by molar-refractivity contribution is -0.144. The second-order valence-electron chi connectivity index (χ2n) is 6.21. The Morgan fingerprint density at radius 2 is 1.82 bits per heavy atom. The van der Waals surface area contributed by atoms with Gasteiger partial charge in [-0.3, -0.25) is 0 Å². The van der Waals surface area contributed by atoms with Crippen LogP contribution in [-0.4, -0.2) is 12.1 Å². The first-order chi connectivity index (χ1) is 10.7. The van der Waals surface area contributed by atoms with Gasteiger partial charge in [0, 0.05) is 6.08 Å².